The van der Waals surface area contributed by atoms with E-state index in [2.05, 4.69) is 50.7 Å². The SMILES string of the molecule is C=CC=C.C=O.CC.CCCCCCC#Cc1ccc2c3c(cccc13)C(=O)N(OS(=O)(=O)Oc1cccc(OS(=O)(=O)ON3C(=O)c4cccc5c(C#CCCCCCC)ccc(c45)C3=O)c1)C2=O. The lowest BCUT2D eigenvalue weighted by molar-refractivity contribution is -0.0980. The summed E-state index contributed by atoms with van der Waals surface area (Å²) in [5.41, 5.74) is 1.17. The summed E-state index contributed by atoms with van der Waals surface area (Å²) in [5.74, 6) is 7.05. The van der Waals surface area contributed by atoms with E-state index in [0.717, 1.165) is 75.6 Å². The van der Waals surface area contributed by atoms with Crippen molar-refractivity contribution in [1.82, 2.24) is 10.1 Å². The van der Waals surface area contributed by atoms with E-state index in [9.17, 15) is 36.0 Å². The van der Waals surface area contributed by atoms with Crippen LogP contribution in [0.15, 0.2) is 110 Å². The molecule has 17 heteroatoms. The lowest BCUT2D eigenvalue weighted by Gasteiger charge is -2.25. The third-order valence-electron chi connectivity index (χ3n) is 10.2. The molecule has 15 nitrogen and oxygen atoms in total. The molecule has 2 heterocycles. The molecule has 0 spiro atoms. The van der Waals surface area contributed by atoms with Crippen molar-refractivity contribution in [3.05, 3.63) is 144 Å². The molecule has 7 rings (SSSR count). The van der Waals surface area contributed by atoms with Crippen molar-refractivity contribution in [2.45, 2.75) is 91.9 Å². The summed E-state index contributed by atoms with van der Waals surface area (Å²) in [4.78, 5) is 62.1. The highest BCUT2D eigenvalue weighted by atomic mass is 32.3. The van der Waals surface area contributed by atoms with Crippen LogP contribution in [0.25, 0.3) is 21.5 Å². The highest BCUT2D eigenvalue weighted by Crippen LogP contribution is 2.35. The van der Waals surface area contributed by atoms with E-state index >= 15 is 0 Å². The summed E-state index contributed by atoms with van der Waals surface area (Å²) in [6.45, 7) is 17.0. The highest BCUT2D eigenvalue weighted by molar-refractivity contribution is 7.82. The molecular weight excluding hydrogens is 937 g/mol. The minimum Gasteiger partial charge on any atom is -0.360 e. The highest BCUT2D eigenvalue weighted by Gasteiger charge is 2.40. The molecule has 0 bridgehead atoms. The van der Waals surface area contributed by atoms with Gasteiger partial charge in [0.25, 0.3) is 23.6 Å². The summed E-state index contributed by atoms with van der Waals surface area (Å²) in [6.07, 6.45) is 13.1. The van der Waals surface area contributed by atoms with Crippen LogP contribution >= 0.6 is 0 Å². The average molecular weight is 991 g/mol. The van der Waals surface area contributed by atoms with Crippen LogP contribution in [0.1, 0.15) is 144 Å². The number of carbonyl (C=O) groups excluding carboxylic acids is 5. The minimum atomic E-state index is -5.24. The van der Waals surface area contributed by atoms with Crippen molar-refractivity contribution in [2.75, 3.05) is 0 Å². The maximum atomic E-state index is 13.5. The number of nitrogens with zero attached hydrogens (tertiary/aromatic N) is 2. The lowest BCUT2D eigenvalue weighted by atomic mass is 9.92. The number of allylic oxidation sites excluding steroid dienone is 2. The number of imide groups is 2. The van der Waals surface area contributed by atoms with E-state index < -0.39 is 55.9 Å². The van der Waals surface area contributed by atoms with Crippen LogP contribution in [0.2, 0.25) is 0 Å². The Kier molecular flexibility index (Phi) is 20.8. The Morgan fingerprint density at radius 1 is 0.514 bits per heavy atom. The van der Waals surface area contributed by atoms with Gasteiger partial charge in [0.1, 0.15) is 18.3 Å². The third-order valence-corrected chi connectivity index (χ3v) is 11.7. The molecular formula is C53H54N2O13S2. The van der Waals surface area contributed by atoms with Crippen LogP contribution in [0.5, 0.6) is 11.5 Å². The second-order valence-electron chi connectivity index (χ2n) is 14.9. The van der Waals surface area contributed by atoms with Crippen LogP contribution in [-0.4, -0.2) is 57.4 Å². The number of rotatable bonds is 17. The van der Waals surface area contributed by atoms with Gasteiger partial charge < -0.3 is 13.2 Å². The van der Waals surface area contributed by atoms with Gasteiger partial charge in [-0.25, -0.2) is 0 Å². The van der Waals surface area contributed by atoms with Crippen LogP contribution in [0.3, 0.4) is 0 Å². The van der Waals surface area contributed by atoms with Crippen LogP contribution in [0.4, 0.5) is 0 Å². The Balaban J connectivity index is 0.00000125. The van der Waals surface area contributed by atoms with Gasteiger partial charge in [0.15, 0.2) is 0 Å². The van der Waals surface area contributed by atoms with E-state index in [1.54, 1.807) is 48.6 Å². The zero-order valence-electron chi connectivity index (χ0n) is 39.4. The zero-order valence-corrected chi connectivity index (χ0v) is 41.1. The monoisotopic (exact) mass is 990 g/mol. The molecule has 0 radical (unpaired) electrons. The normalized spacial score (nSPS) is 12.4. The zero-order chi connectivity index (χ0) is 51.4. The van der Waals surface area contributed by atoms with E-state index in [1.807, 2.05) is 20.6 Å². The number of unbranched alkanes of at least 4 members (excludes halogenated alkanes) is 8. The van der Waals surface area contributed by atoms with Gasteiger partial charge in [0.05, 0.1) is 22.3 Å². The first kappa shape index (κ1) is 55.2. The van der Waals surface area contributed by atoms with Gasteiger partial charge in [-0.15, -0.1) is 18.7 Å². The van der Waals surface area contributed by atoms with Gasteiger partial charge in [-0.3, -0.25) is 19.2 Å². The molecule has 0 N–H and O–H groups in total. The molecule has 70 heavy (non-hydrogen) atoms. The predicted octanol–water partition coefficient (Wildman–Crippen LogP) is 10.5. The molecule has 5 aromatic rings. The molecule has 2 aliphatic heterocycles. The Bertz CT molecular complexity index is 2880. The molecule has 5 aromatic carbocycles. The Morgan fingerprint density at radius 3 is 1.23 bits per heavy atom. The quantitative estimate of drug-likeness (QED) is 0.0369. The fourth-order valence-electron chi connectivity index (χ4n) is 7.12. The predicted molar refractivity (Wildman–Crippen MR) is 267 cm³/mol. The number of carbonyl (C=O) groups is 5. The van der Waals surface area contributed by atoms with Gasteiger partial charge in [0, 0.05) is 40.8 Å². The number of hydroxylamine groups is 4. The average Bonchev–Trinajstić information content (AvgIpc) is 3.36. The summed E-state index contributed by atoms with van der Waals surface area (Å²) in [6, 6.07) is 19.6. The number of amides is 4. The molecule has 366 valence electrons. The first-order chi connectivity index (χ1) is 33.7. The summed E-state index contributed by atoms with van der Waals surface area (Å²) in [7, 11) is -10.5. The molecule has 4 amide bonds. The molecule has 0 atom stereocenters. The molecule has 0 saturated heterocycles. The number of hydrogen-bond donors (Lipinski definition) is 0. The van der Waals surface area contributed by atoms with Gasteiger partial charge in [0.2, 0.25) is 0 Å². The van der Waals surface area contributed by atoms with Crippen molar-refractivity contribution in [2.24, 2.45) is 0 Å². The maximum Gasteiger partial charge on any atom is 0.471 e. The summed E-state index contributed by atoms with van der Waals surface area (Å²) in [5, 5.41) is 1.78. The van der Waals surface area contributed by atoms with E-state index in [1.165, 1.54) is 24.3 Å². The lowest BCUT2D eigenvalue weighted by Crippen LogP contribution is -2.42. The number of benzene rings is 5. The molecule has 0 unspecified atom stereocenters. The Morgan fingerprint density at radius 2 is 0.871 bits per heavy atom. The van der Waals surface area contributed by atoms with Crippen molar-refractivity contribution < 1.29 is 57.7 Å². The fourth-order valence-corrected chi connectivity index (χ4v) is 8.50. The molecule has 0 aliphatic carbocycles. The topological polar surface area (TPSA) is 197 Å². The van der Waals surface area contributed by atoms with Crippen molar-refractivity contribution in [3.63, 3.8) is 0 Å². The summed E-state index contributed by atoms with van der Waals surface area (Å²) < 4.78 is 72.2. The Labute approximate surface area is 409 Å². The second-order valence-corrected chi connectivity index (χ2v) is 17.2. The Hall–Kier alpha value is -7.41. The molecule has 0 saturated carbocycles. The first-order valence-electron chi connectivity index (χ1n) is 22.5. The van der Waals surface area contributed by atoms with Gasteiger partial charge >= 0.3 is 20.8 Å². The largest absolute Gasteiger partial charge is 0.471 e. The van der Waals surface area contributed by atoms with Crippen molar-refractivity contribution in [1.29, 1.82) is 0 Å². The smallest absolute Gasteiger partial charge is 0.360 e. The van der Waals surface area contributed by atoms with Gasteiger partial charge in [-0.2, -0.15) is 16.8 Å². The van der Waals surface area contributed by atoms with Crippen LogP contribution in [0, 0.1) is 23.7 Å². The summed E-state index contributed by atoms with van der Waals surface area (Å²) >= 11 is 0. The third kappa shape index (κ3) is 13.6. The first-order valence-corrected chi connectivity index (χ1v) is 25.2. The molecule has 0 aromatic heterocycles. The van der Waals surface area contributed by atoms with Crippen molar-refractivity contribution >= 4 is 72.8 Å². The van der Waals surface area contributed by atoms with Crippen molar-refractivity contribution in [3.8, 4) is 35.2 Å². The standard InChI is InChI=1S/C46H40N2O12S2.C4H6.C2H6.CH2O/c1-3-5-7-9-11-13-18-31-26-28-39-41-35(31)22-16-24-37(41)43(49)47(45(39)51)59-61(53,54)57-33-20-15-21-34(30-33)58-62(55,56)60-48-44(50)38-25-17-23-36-32(19-14-12-10-8-6-4-2)27-29-40(42(36)38)46(48)52;1-3-4-2;2*1-2/h15-17,20-30H,3-12H2,1-2H3;3-4H,1-2H2;1-2H3;1H2. The number of hydrogen-bond acceptors (Lipinski definition) is 13. The minimum absolute atomic E-state index is 0.00658. The van der Waals surface area contributed by atoms with Gasteiger partial charge in [-0.05, 0) is 72.1 Å². The maximum absolute atomic E-state index is 13.5. The second kappa shape index (κ2) is 26.4. The van der Waals surface area contributed by atoms with E-state index in [4.69, 9.17) is 21.7 Å². The van der Waals surface area contributed by atoms with Gasteiger partial charge in [-0.1, -0.05) is 146 Å². The van der Waals surface area contributed by atoms with Crippen LogP contribution < -0.4 is 8.37 Å². The molecule has 0 fully saturated rings. The fraction of sp³-hybridized carbons (Fsp3) is 0.264. The van der Waals surface area contributed by atoms with E-state index in [0.29, 0.717) is 45.5 Å². The van der Waals surface area contributed by atoms with Crippen LogP contribution in [-0.2, 0) is 34.2 Å². The van der Waals surface area contributed by atoms with E-state index in [-0.39, 0.29) is 32.4 Å². The molecule has 2 aliphatic rings.